The fourth-order valence-electron chi connectivity index (χ4n) is 2.49. The molecule has 1 N–H and O–H groups in total. The molecule has 0 aromatic carbocycles. The number of anilines is 1. The van der Waals surface area contributed by atoms with E-state index in [0.29, 0.717) is 6.04 Å². The van der Waals surface area contributed by atoms with E-state index < -0.39 is 5.60 Å². The van der Waals surface area contributed by atoms with Crippen LogP contribution < -0.4 is 4.90 Å². The van der Waals surface area contributed by atoms with E-state index in [-0.39, 0.29) is 0 Å². The van der Waals surface area contributed by atoms with Crippen LogP contribution in [-0.4, -0.2) is 52.8 Å². The van der Waals surface area contributed by atoms with E-state index in [4.69, 9.17) is 0 Å². The topological polar surface area (TPSA) is 39.6 Å². The smallest absolute Gasteiger partial charge is 0.128 e. The van der Waals surface area contributed by atoms with E-state index in [1.54, 1.807) is 0 Å². The summed E-state index contributed by atoms with van der Waals surface area (Å²) >= 11 is 3.41. The second-order valence-electron chi connectivity index (χ2n) is 5.91. The van der Waals surface area contributed by atoms with Crippen LogP contribution in [0.1, 0.15) is 20.8 Å². The Morgan fingerprint density at radius 3 is 2.68 bits per heavy atom. The lowest BCUT2D eigenvalue weighted by atomic mass is 10.1. The molecule has 0 amide bonds. The largest absolute Gasteiger partial charge is 0.389 e. The quantitative estimate of drug-likeness (QED) is 0.923. The van der Waals surface area contributed by atoms with Gasteiger partial charge in [0.25, 0.3) is 0 Å². The van der Waals surface area contributed by atoms with Crippen molar-refractivity contribution in [3.8, 4) is 0 Å². The molecule has 0 saturated carbocycles. The van der Waals surface area contributed by atoms with Gasteiger partial charge < -0.3 is 10.0 Å². The number of piperazine rings is 1. The normalized spacial score (nSPS) is 21.7. The third-order valence-corrected chi connectivity index (χ3v) is 3.86. The van der Waals surface area contributed by atoms with Crippen molar-refractivity contribution in [2.75, 3.05) is 31.1 Å². The van der Waals surface area contributed by atoms with E-state index in [9.17, 15) is 5.11 Å². The summed E-state index contributed by atoms with van der Waals surface area (Å²) in [7, 11) is 0. The molecular formula is C14H22BrN3O. The number of rotatable bonds is 3. The average Bonchev–Trinajstić information content (AvgIpc) is 2.31. The minimum Gasteiger partial charge on any atom is -0.389 e. The summed E-state index contributed by atoms with van der Waals surface area (Å²) in [6.07, 6.45) is 1.84. The number of aromatic nitrogens is 1. The van der Waals surface area contributed by atoms with Gasteiger partial charge in [-0.25, -0.2) is 4.98 Å². The molecule has 0 radical (unpaired) electrons. The second-order valence-corrected chi connectivity index (χ2v) is 6.83. The zero-order valence-corrected chi connectivity index (χ0v) is 13.4. The molecule has 1 saturated heterocycles. The molecule has 1 aromatic rings. The van der Waals surface area contributed by atoms with Gasteiger partial charge in [-0.15, -0.1) is 0 Å². The van der Waals surface area contributed by atoms with E-state index in [1.165, 1.54) is 0 Å². The summed E-state index contributed by atoms with van der Waals surface area (Å²) in [6, 6.07) is 4.49. The van der Waals surface area contributed by atoms with Crippen molar-refractivity contribution in [1.29, 1.82) is 0 Å². The molecule has 0 unspecified atom stereocenters. The summed E-state index contributed by atoms with van der Waals surface area (Å²) < 4.78 is 1.00. The Labute approximate surface area is 123 Å². The highest BCUT2D eigenvalue weighted by molar-refractivity contribution is 9.10. The number of hydrogen-bond donors (Lipinski definition) is 1. The third-order valence-electron chi connectivity index (χ3n) is 3.39. The number of hydrogen-bond acceptors (Lipinski definition) is 4. The van der Waals surface area contributed by atoms with Gasteiger partial charge in [0.15, 0.2) is 0 Å². The molecule has 1 fully saturated rings. The Morgan fingerprint density at radius 1 is 1.42 bits per heavy atom. The zero-order chi connectivity index (χ0) is 14.0. The maximum atomic E-state index is 9.93. The highest BCUT2D eigenvalue weighted by Crippen LogP contribution is 2.20. The van der Waals surface area contributed by atoms with Crippen molar-refractivity contribution < 1.29 is 5.11 Å². The lowest BCUT2D eigenvalue weighted by Gasteiger charge is -2.42. The molecule has 0 spiro atoms. The summed E-state index contributed by atoms with van der Waals surface area (Å²) in [6.45, 7) is 9.51. The van der Waals surface area contributed by atoms with Crippen molar-refractivity contribution in [3.05, 3.63) is 22.8 Å². The molecule has 5 heteroatoms. The second kappa shape index (κ2) is 5.77. The average molecular weight is 328 g/mol. The van der Waals surface area contributed by atoms with Crippen LogP contribution in [0, 0.1) is 0 Å². The van der Waals surface area contributed by atoms with Crippen LogP contribution in [0.3, 0.4) is 0 Å². The zero-order valence-electron chi connectivity index (χ0n) is 11.8. The first-order chi connectivity index (χ1) is 8.85. The Kier molecular flexibility index (Phi) is 4.48. The number of aliphatic hydroxyl groups is 1. The number of pyridine rings is 1. The van der Waals surface area contributed by atoms with Crippen molar-refractivity contribution in [3.63, 3.8) is 0 Å². The number of nitrogens with zero attached hydrogens (tertiary/aromatic N) is 3. The first kappa shape index (κ1) is 14.8. The third kappa shape index (κ3) is 4.16. The Hall–Kier alpha value is -0.650. The van der Waals surface area contributed by atoms with Crippen LogP contribution in [0.2, 0.25) is 0 Å². The summed E-state index contributed by atoms with van der Waals surface area (Å²) in [5.41, 5.74) is -0.633. The van der Waals surface area contributed by atoms with Gasteiger partial charge >= 0.3 is 0 Å². The minimum atomic E-state index is -0.633. The van der Waals surface area contributed by atoms with Crippen molar-refractivity contribution in [2.24, 2.45) is 0 Å². The van der Waals surface area contributed by atoms with Crippen LogP contribution in [-0.2, 0) is 0 Å². The van der Waals surface area contributed by atoms with Crippen LogP contribution in [0.4, 0.5) is 5.82 Å². The molecule has 19 heavy (non-hydrogen) atoms. The highest BCUT2D eigenvalue weighted by Gasteiger charge is 2.28. The number of β-amino-alcohol motifs (C(OH)–C–C–N with tert-alkyl or cyclic N) is 1. The molecule has 0 aliphatic carbocycles. The molecule has 106 valence electrons. The van der Waals surface area contributed by atoms with Gasteiger partial charge in [0.05, 0.1) is 5.60 Å². The maximum absolute atomic E-state index is 9.93. The highest BCUT2D eigenvalue weighted by atomic mass is 79.9. The van der Waals surface area contributed by atoms with Crippen LogP contribution in [0.25, 0.3) is 0 Å². The van der Waals surface area contributed by atoms with Gasteiger partial charge in [0.2, 0.25) is 0 Å². The molecule has 4 nitrogen and oxygen atoms in total. The van der Waals surface area contributed by atoms with E-state index >= 15 is 0 Å². The number of halogens is 1. The summed E-state index contributed by atoms with van der Waals surface area (Å²) in [4.78, 5) is 9.09. The molecule has 2 rings (SSSR count). The van der Waals surface area contributed by atoms with Gasteiger partial charge in [-0.05, 0) is 48.8 Å². The maximum Gasteiger partial charge on any atom is 0.128 e. The molecule has 1 aliphatic rings. The fourth-order valence-corrected chi connectivity index (χ4v) is 2.72. The minimum absolute atomic E-state index is 0.422. The predicted octanol–water partition coefficient (Wildman–Crippen LogP) is 2.13. The fraction of sp³-hybridized carbons (Fsp3) is 0.643. The summed E-state index contributed by atoms with van der Waals surface area (Å²) in [5.74, 6) is 1.03. The molecule has 1 atom stereocenters. The van der Waals surface area contributed by atoms with E-state index in [1.807, 2.05) is 32.2 Å². The standard InChI is InChI=1S/C14H22BrN3O/c1-11-9-17(13-5-4-12(15)8-16-13)6-7-18(11)10-14(2,3)19/h4-5,8,11,19H,6-7,9-10H2,1-3H3/t11-/m1/s1. The SMILES string of the molecule is C[C@@H]1CN(c2ccc(Br)cn2)CCN1CC(C)(C)O. The summed E-state index contributed by atoms with van der Waals surface area (Å²) in [5, 5.41) is 9.93. The van der Waals surface area contributed by atoms with E-state index in [0.717, 1.165) is 36.5 Å². The lowest BCUT2D eigenvalue weighted by molar-refractivity contribution is 0.0200. The van der Waals surface area contributed by atoms with Crippen molar-refractivity contribution in [1.82, 2.24) is 9.88 Å². The van der Waals surface area contributed by atoms with Crippen LogP contribution >= 0.6 is 15.9 Å². The van der Waals surface area contributed by atoms with Crippen molar-refractivity contribution in [2.45, 2.75) is 32.4 Å². The van der Waals surface area contributed by atoms with Crippen LogP contribution in [0.5, 0.6) is 0 Å². The Balaban J connectivity index is 1.98. The van der Waals surface area contributed by atoms with Gasteiger partial charge in [-0.2, -0.15) is 0 Å². The molecular weight excluding hydrogens is 306 g/mol. The Bertz CT molecular complexity index is 416. The van der Waals surface area contributed by atoms with Gasteiger partial charge in [-0.3, -0.25) is 4.90 Å². The molecule has 1 aliphatic heterocycles. The van der Waals surface area contributed by atoms with Gasteiger partial charge in [0, 0.05) is 42.9 Å². The molecule has 1 aromatic heterocycles. The Morgan fingerprint density at radius 2 is 2.16 bits per heavy atom. The predicted molar refractivity (Wildman–Crippen MR) is 81.5 cm³/mol. The van der Waals surface area contributed by atoms with Gasteiger partial charge in [0.1, 0.15) is 5.82 Å². The first-order valence-corrected chi connectivity index (χ1v) is 7.47. The van der Waals surface area contributed by atoms with Crippen LogP contribution in [0.15, 0.2) is 22.8 Å². The van der Waals surface area contributed by atoms with Gasteiger partial charge in [-0.1, -0.05) is 0 Å². The molecule has 2 heterocycles. The van der Waals surface area contributed by atoms with Crippen molar-refractivity contribution >= 4 is 21.7 Å². The first-order valence-electron chi connectivity index (χ1n) is 6.68. The molecule has 0 bridgehead atoms. The lowest BCUT2D eigenvalue weighted by Crippen LogP contribution is -2.55. The monoisotopic (exact) mass is 327 g/mol. The van der Waals surface area contributed by atoms with E-state index in [2.05, 4.69) is 37.6 Å².